The van der Waals surface area contributed by atoms with Gasteiger partial charge in [0.2, 0.25) is 17.7 Å². The van der Waals surface area contributed by atoms with Gasteiger partial charge >= 0.3 is 11.9 Å². The van der Waals surface area contributed by atoms with Crippen molar-refractivity contribution in [3.63, 3.8) is 0 Å². The molecule has 0 saturated carbocycles. The van der Waals surface area contributed by atoms with Gasteiger partial charge in [-0.05, 0) is 50.4 Å². The molecule has 11 N–H and O–H groups in total. The van der Waals surface area contributed by atoms with Crippen molar-refractivity contribution in [3.05, 3.63) is 29.8 Å². The molecule has 0 spiro atoms. The maximum Gasteiger partial charge on any atom is 0.326 e. The van der Waals surface area contributed by atoms with Crippen molar-refractivity contribution in [1.82, 2.24) is 16.0 Å². The first-order valence-electron chi connectivity index (χ1n) is 12.1. The minimum absolute atomic E-state index is 0.0116. The van der Waals surface area contributed by atoms with Crippen LogP contribution in [0.25, 0.3) is 0 Å². The Labute approximate surface area is 219 Å². The molecule has 5 atom stereocenters. The lowest BCUT2D eigenvalue weighted by atomic mass is 10.0. The quantitative estimate of drug-likeness (QED) is 0.0995. The summed E-state index contributed by atoms with van der Waals surface area (Å²) in [6.45, 7) is 1.63. The highest BCUT2D eigenvalue weighted by atomic mass is 16.4. The first-order valence-corrected chi connectivity index (χ1v) is 12.1. The minimum Gasteiger partial charge on any atom is -0.508 e. The molecule has 5 unspecified atom stereocenters. The van der Waals surface area contributed by atoms with Gasteiger partial charge in [-0.2, -0.15) is 0 Å². The molecule has 38 heavy (non-hydrogen) atoms. The van der Waals surface area contributed by atoms with Crippen molar-refractivity contribution in [1.29, 1.82) is 0 Å². The number of unbranched alkanes of at least 4 members (excludes halogenated alkanes) is 1. The van der Waals surface area contributed by atoms with Gasteiger partial charge in [-0.3, -0.25) is 19.2 Å². The monoisotopic (exact) mass is 539 g/mol. The fourth-order valence-corrected chi connectivity index (χ4v) is 3.44. The van der Waals surface area contributed by atoms with Crippen molar-refractivity contribution in [2.45, 2.75) is 75.7 Å². The van der Waals surface area contributed by atoms with Crippen LogP contribution < -0.4 is 27.4 Å². The Morgan fingerprint density at radius 3 is 2.00 bits per heavy atom. The summed E-state index contributed by atoms with van der Waals surface area (Å²) < 4.78 is 0. The van der Waals surface area contributed by atoms with E-state index in [1.807, 2.05) is 0 Å². The van der Waals surface area contributed by atoms with E-state index in [-0.39, 0.29) is 12.2 Å². The van der Waals surface area contributed by atoms with Crippen LogP contribution in [0.2, 0.25) is 0 Å². The second-order valence-corrected chi connectivity index (χ2v) is 8.88. The second kappa shape index (κ2) is 16.2. The smallest absolute Gasteiger partial charge is 0.326 e. The average molecular weight is 540 g/mol. The molecule has 0 aromatic heterocycles. The number of hydrogen-bond acceptors (Lipinski definition) is 9. The number of phenolic OH excluding ortho intramolecular Hbond substituents is 1. The molecule has 0 aliphatic heterocycles. The molecular formula is C24H37N5O9. The lowest BCUT2D eigenvalue weighted by Crippen LogP contribution is -2.60. The maximum atomic E-state index is 13.2. The topological polar surface area (TPSA) is 254 Å². The zero-order valence-electron chi connectivity index (χ0n) is 21.1. The number of phenols is 1. The Balaban J connectivity index is 3.06. The molecule has 1 aromatic rings. The first kappa shape index (κ1) is 32.3. The number of aliphatic carboxylic acids is 2. The molecule has 3 amide bonds. The van der Waals surface area contributed by atoms with Crippen LogP contribution in [-0.4, -0.2) is 86.9 Å². The third-order valence-corrected chi connectivity index (χ3v) is 5.64. The van der Waals surface area contributed by atoms with E-state index in [9.17, 15) is 39.3 Å². The second-order valence-electron chi connectivity index (χ2n) is 8.88. The highest BCUT2D eigenvalue weighted by Gasteiger charge is 2.33. The molecule has 0 bridgehead atoms. The number of carbonyl (C=O) groups is 5. The lowest BCUT2D eigenvalue weighted by Gasteiger charge is -2.26. The van der Waals surface area contributed by atoms with Gasteiger partial charge in [0, 0.05) is 12.8 Å². The number of carboxylic acids is 2. The van der Waals surface area contributed by atoms with Gasteiger partial charge in [-0.25, -0.2) is 4.79 Å². The van der Waals surface area contributed by atoms with Crippen LogP contribution in [0.15, 0.2) is 24.3 Å². The van der Waals surface area contributed by atoms with Crippen LogP contribution in [0.3, 0.4) is 0 Å². The summed E-state index contributed by atoms with van der Waals surface area (Å²) in [5, 5.41) is 44.7. The number of nitrogens with two attached hydrogens (primary N) is 2. The zero-order valence-corrected chi connectivity index (χ0v) is 21.1. The van der Waals surface area contributed by atoms with Crippen LogP contribution in [0.5, 0.6) is 5.75 Å². The molecule has 0 aliphatic rings. The van der Waals surface area contributed by atoms with E-state index in [0.29, 0.717) is 31.4 Å². The summed E-state index contributed by atoms with van der Waals surface area (Å²) >= 11 is 0. The summed E-state index contributed by atoms with van der Waals surface area (Å²) in [5.41, 5.74) is 11.9. The molecule has 0 radical (unpaired) electrons. The van der Waals surface area contributed by atoms with Crippen LogP contribution in [0.1, 0.15) is 44.6 Å². The Morgan fingerprint density at radius 2 is 1.47 bits per heavy atom. The largest absolute Gasteiger partial charge is 0.508 e. The van der Waals surface area contributed by atoms with Gasteiger partial charge in [0.25, 0.3) is 0 Å². The number of nitrogens with one attached hydrogen (secondary N) is 3. The number of carbonyl (C=O) groups excluding carboxylic acids is 3. The van der Waals surface area contributed by atoms with Crippen LogP contribution in [-0.2, 0) is 30.4 Å². The molecule has 212 valence electrons. The molecule has 0 heterocycles. The van der Waals surface area contributed by atoms with E-state index < -0.39 is 72.8 Å². The fraction of sp³-hybridized carbons (Fsp3) is 0.542. The number of rotatable bonds is 17. The predicted octanol–water partition coefficient (Wildman–Crippen LogP) is -1.82. The van der Waals surface area contributed by atoms with E-state index in [0.717, 1.165) is 0 Å². The molecule has 0 aliphatic carbocycles. The van der Waals surface area contributed by atoms with Crippen molar-refractivity contribution in [2.24, 2.45) is 11.5 Å². The molecule has 0 fully saturated rings. The Bertz CT molecular complexity index is 955. The summed E-state index contributed by atoms with van der Waals surface area (Å²) in [6, 6.07) is 0.466. The maximum absolute atomic E-state index is 13.2. The van der Waals surface area contributed by atoms with Crippen molar-refractivity contribution >= 4 is 29.7 Å². The summed E-state index contributed by atoms with van der Waals surface area (Å²) in [5.74, 6) is -5.31. The van der Waals surface area contributed by atoms with Crippen molar-refractivity contribution < 1.29 is 44.4 Å². The molecule has 14 heteroatoms. The highest BCUT2D eigenvalue weighted by molar-refractivity contribution is 5.94. The van der Waals surface area contributed by atoms with Crippen molar-refractivity contribution in [3.8, 4) is 5.75 Å². The SMILES string of the molecule is CC(O)C(NC(=O)C(Cc1ccc(O)cc1)NC(=O)C(N)CCCCN)C(=O)NC(CCC(=O)O)C(=O)O. The van der Waals surface area contributed by atoms with Gasteiger partial charge in [-0.15, -0.1) is 0 Å². The molecule has 1 aromatic carbocycles. The fourth-order valence-electron chi connectivity index (χ4n) is 3.44. The van der Waals surface area contributed by atoms with Gasteiger partial charge < -0.3 is 47.8 Å². The molecule has 0 saturated heterocycles. The normalized spacial score (nSPS) is 14.8. The number of carboxylic acid groups (broad SMARTS) is 2. The molecule has 1 rings (SSSR count). The molecule has 14 nitrogen and oxygen atoms in total. The van der Waals surface area contributed by atoms with Gasteiger partial charge in [0.1, 0.15) is 23.9 Å². The summed E-state index contributed by atoms with van der Waals surface area (Å²) in [4.78, 5) is 60.8. The van der Waals surface area contributed by atoms with Gasteiger partial charge in [0.05, 0.1) is 12.1 Å². The van der Waals surface area contributed by atoms with E-state index in [4.69, 9.17) is 16.6 Å². The highest BCUT2D eigenvalue weighted by Crippen LogP contribution is 2.12. The van der Waals surface area contributed by atoms with Crippen molar-refractivity contribution in [2.75, 3.05) is 6.54 Å². The van der Waals surface area contributed by atoms with Crippen LogP contribution in [0.4, 0.5) is 0 Å². The lowest BCUT2D eigenvalue weighted by molar-refractivity contribution is -0.144. The standard InChI is InChI=1S/C24H37N5O9/c1-13(30)20(23(36)27-17(24(37)38)9-10-19(32)33)29-22(35)18(12-14-5-7-15(31)8-6-14)28-21(34)16(26)4-2-3-11-25/h5-8,13,16-18,20,30-31H,2-4,9-12,25-26H2,1H3,(H,27,36)(H,28,34)(H,29,35)(H,32,33)(H,37,38). The van der Waals surface area contributed by atoms with E-state index in [1.165, 1.54) is 31.2 Å². The Hall–Kier alpha value is -3.75. The van der Waals surface area contributed by atoms with E-state index in [1.54, 1.807) is 0 Å². The van der Waals surface area contributed by atoms with E-state index >= 15 is 0 Å². The minimum atomic E-state index is -1.62. The zero-order chi connectivity index (χ0) is 28.8. The van der Waals surface area contributed by atoms with Gasteiger partial charge in [0.15, 0.2) is 0 Å². The molecular weight excluding hydrogens is 502 g/mol. The first-order chi connectivity index (χ1) is 17.8. The van der Waals surface area contributed by atoms with Crippen LogP contribution >= 0.6 is 0 Å². The Kier molecular flexibility index (Phi) is 13.7. The summed E-state index contributed by atoms with van der Waals surface area (Å²) in [7, 11) is 0. The third kappa shape index (κ3) is 11.5. The number of hydrogen-bond donors (Lipinski definition) is 9. The van der Waals surface area contributed by atoms with Gasteiger partial charge in [-0.1, -0.05) is 18.6 Å². The third-order valence-electron chi connectivity index (χ3n) is 5.64. The number of aliphatic hydroxyl groups is 1. The van der Waals surface area contributed by atoms with Crippen LogP contribution in [0, 0.1) is 0 Å². The van der Waals surface area contributed by atoms with E-state index in [2.05, 4.69) is 16.0 Å². The summed E-state index contributed by atoms with van der Waals surface area (Å²) in [6.07, 6.45) is -0.908. The predicted molar refractivity (Wildman–Crippen MR) is 135 cm³/mol. The number of aromatic hydroxyl groups is 1. The number of amides is 3. The average Bonchev–Trinajstić information content (AvgIpc) is 2.85. The number of benzene rings is 1. The Morgan fingerprint density at radius 1 is 0.868 bits per heavy atom. The number of aliphatic hydroxyl groups excluding tert-OH is 1.